The molecule has 1 aromatic heterocycles. The minimum Gasteiger partial charge on any atom is -0.366 e. The molecule has 3 N–H and O–H groups in total. The van der Waals surface area contributed by atoms with E-state index in [0.717, 1.165) is 11.5 Å². The van der Waals surface area contributed by atoms with Gasteiger partial charge in [-0.15, -0.1) is 0 Å². The molecule has 0 saturated heterocycles. The quantitative estimate of drug-likeness (QED) is 0.770. The van der Waals surface area contributed by atoms with Crippen LogP contribution in [-0.2, 0) is 0 Å². The second-order valence-electron chi connectivity index (χ2n) is 3.33. The van der Waals surface area contributed by atoms with E-state index in [-0.39, 0.29) is 0 Å². The van der Waals surface area contributed by atoms with Crippen LogP contribution in [0.15, 0.2) is 24.3 Å². The summed E-state index contributed by atoms with van der Waals surface area (Å²) in [6.07, 6.45) is 0. The number of nitrogens with one attached hydrogen (secondary N) is 1. The topological polar surface area (TPSA) is 76.7 Å². The monoisotopic (exact) mass is 234 g/mol. The van der Waals surface area contributed by atoms with E-state index in [0.29, 0.717) is 10.3 Å². The van der Waals surface area contributed by atoms with Crippen LogP contribution in [0.1, 0.15) is 16.2 Å². The van der Waals surface area contributed by atoms with Crippen molar-refractivity contribution in [1.29, 1.82) is 0 Å². The van der Waals surface area contributed by atoms with Gasteiger partial charge in [0.2, 0.25) is 5.91 Å². The van der Waals surface area contributed by atoms with Gasteiger partial charge >= 0.3 is 0 Å². The number of aromatic amines is 1. The molecule has 0 radical (unpaired) electrons. The van der Waals surface area contributed by atoms with Crippen LogP contribution < -0.4 is 5.73 Å². The van der Waals surface area contributed by atoms with Gasteiger partial charge in [0.1, 0.15) is 5.82 Å². The maximum Gasteiger partial charge on any atom is 0.248 e. The van der Waals surface area contributed by atoms with Gasteiger partial charge in [0.05, 0.1) is 5.69 Å². The Hall–Kier alpha value is -1.95. The molecule has 0 unspecified atom stereocenters. The molecule has 0 saturated carbocycles. The number of rotatable bonds is 2. The average Bonchev–Trinajstić information content (AvgIpc) is 2.59. The molecule has 6 heteroatoms. The first-order valence-corrected chi connectivity index (χ1v) is 5.04. The van der Waals surface area contributed by atoms with Crippen LogP contribution in [0.5, 0.6) is 0 Å². The number of hydrogen-bond donors (Lipinski definition) is 2. The highest BCUT2D eigenvalue weighted by Crippen LogP contribution is 2.12. The van der Waals surface area contributed by atoms with E-state index in [1.165, 1.54) is 0 Å². The summed E-state index contributed by atoms with van der Waals surface area (Å²) in [5.74, 6) is 0.265. The summed E-state index contributed by atoms with van der Waals surface area (Å²) in [5.41, 5.74) is 6.43. The van der Waals surface area contributed by atoms with Gasteiger partial charge in [0.25, 0.3) is 0 Å². The first-order valence-electron chi connectivity index (χ1n) is 4.64. The molecule has 82 valence electrons. The fourth-order valence-corrected chi connectivity index (χ4v) is 1.76. The Morgan fingerprint density at radius 3 is 2.88 bits per heavy atom. The van der Waals surface area contributed by atoms with E-state index in [1.54, 1.807) is 22.8 Å². The molecule has 2 aromatic rings. The Kier molecular flexibility index (Phi) is 2.57. The maximum atomic E-state index is 11.1. The van der Waals surface area contributed by atoms with Crippen LogP contribution in [0.25, 0.3) is 5.69 Å². The molecule has 0 fully saturated rings. The molecule has 0 aliphatic heterocycles. The van der Waals surface area contributed by atoms with Gasteiger partial charge in [0.15, 0.2) is 4.77 Å². The summed E-state index contributed by atoms with van der Waals surface area (Å²) in [6.45, 7) is 1.82. The van der Waals surface area contributed by atoms with E-state index in [1.807, 2.05) is 13.0 Å². The summed E-state index contributed by atoms with van der Waals surface area (Å²) < 4.78 is 2.22. The summed E-state index contributed by atoms with van der Waals surface area (Å²) in [4.78, 5) is 11.1. The fourth-order valence-electron chi connectivity index (χ4n) is 1.48. The largest absolute Gasteiger partial charge is 0.366 e. The number of hydrogen-bond acceptors (Lipinski definition) is 3. The number of carbonyl (C=O) groups excluding carboxylic acids is 1. The zero-order valence-corrected chi connectivity index (χ0v) is 9.41. The van der Waals surface area contributed by atoms with Gasteiger partial charge in [-0.3, -0.25) is 14.5 Å². The number of aryl methyl sites for hydroxylation is 1. The maximum absolute atomic E-state index is 11.1. The molecular weight excluding hydrogens is 224 g/mol. The second-order valence-corrected chi connectivity index (χ2v) is 3.71. The average molecular weight is 234 g/mol. The Bertz CT molecular complexity index is 599. The highest BCUT2D eigenvalue weighted by molar-refractivity contribution is 7.71. The number of nitrogens with zero attached hydrogens (tertiary/aromatic N) is 2. The van der Waals surface area contributed by atoms with E-state index >= 15 is 0 Å². The van der Waals surface area contributed by atoms with Crippen molar-refractivity contribution in [3.05, 3.63) is 40.4 Å². The first kappa shape index (κ1) is 10.6. The normalized spacial score (nSPS) is 10.3. The number of aromatic nitrogens is 3. The first-order chi connectivity index (χ1) is 7.59. The Balaban J connectivity index is 2.61. The lowest BCUT2D eigenvalue weighted by Gasteiger charge is -2.04. The molecule has 0 aliphatic rings. The molecule has 0 atom stereocenters. The van der Waals surface area contributed by atoms with Crippen molar-refractivity contribution < 1.29 is 4.79 Å². The van der Waals surface area contributed by atoms with E-state index in [4.69, 9.17) is 18.0 Å². The molecule has 0 bridgehead atoms. The smallest absolute Gasteiger partial charge is 0.248 e. The van der Waals surface area contributed by atoms with Gasteiger partial charge < -0.3 is 5.73 Å². The molecule has 2 rings (SSSR count). The SMILES string of the molecule is Cc1n[nH]c(=S)n1-c1cccc(C(N)=O)c1. The zero-order valence-electron chi connectivity index (χ0n) is 8.60. The van der Waals surface area contributed by atoms with Crippen molar-refractivity contribution in [2.45, 2.75) is 6.92 Å². The third-order valence-corrected chi connectivity index (χ3v) is 2.50. The molecule has 1 aromatic carbocycles. The number of nitrogens with two attached hydrogens (primary N) is 1. The minimum atomic E-state index is -0.463. The van der Waals surface area contributed by atoms with E-state index < -0.39 is 5.91 Å². The Labute approximate surface area is 96.9 Å². The lowest BCUT2D eigenvalue weighted by atomic mass is 10.2. The van der Waals surface area contributed by atoms with Crippen molar-refractivity contribution in [3.8, 4) is 5.69 Å². The minimum absolute atomic E-state index is 0.444. The van der Waals surface area contributed by atoms with Crippen LogP contribution in [0.3, 0.4) is 0 Å². The van der Waals surface area contributed by atoms with Crippen LogP contribution in [-0.4, -0.2) is 20.7 Å². The predicted octanol–water partition coefficient (Wildman–Crippen LogP) is 1.34. The highest BCUT2D eigenvalue weighted by atomic mass is 32.1. The van der Waals surface area contributed by atoms with Gasteiger partial charge in [-0.1, -0.05) is 6.07 Å². The van der Waals surface area contributed by atoms with Crippen molar-refractivity contribution in [2.75, 3.05) is 0 Å². The van der Waals surface area contributed by atoms with Crippen LogP contribution in [0.2, 0.25) is 0 Å². The molecule has 0 aliphatic carbocycles. The second kappa shape index (κ2) is 3.90. The van der Waals surface area contributed by atoms with Gasteiger partial charge in [0, 0.05) is 5.56 Å². The number of amides is 1. The molecule has 1 heterocycles. The fraction of sp³-hybridized carbons (Fsp3) is 0.100. The van der Waals surface area contributed by atoms with E-state index in [9.17, 15) is 4.79 Å². The van der Waals surface area contributed by atoms with Crippen molar-refractivity contribution in [2.24, 2.45) is 5.73 Å². The molecular formula is C10H10N4OS. The summed E-state index contributed by atoms with van der Waals surface area (Å²) in [5, 5.41) is 6.68. The molecule has 5 nitrogen and oxygen atoms in total. The molecule has 16 heavy (non-hydrogen) atoms. The molecule has 0 spiro atoms. The van der Waals surface area contributed by atoms with Crippen LogP contribution in [0, 0.1) is 11.7 Å². The van der Waals surface area contributed by atoms with Gasteiger partial charge in [-0.25, -0.2) is 0 Å². The predicted molar refractivity (Wildman–Crippen MR) is 62.0 cm³/mol. The lowest BCUT2D eigenvalue weighted by molar-refractivity contribution is 0.100. The van der Waals surface area contributed by atoms with Crippen molar-refractivity contribution in [1.82, 2.24) is 14.8 Å². The van der Waals surface area contributed by atoms with Crippen molar-refractivity contribution >= 4 is 18.1 Å². The summed E-state index contributed by atoms with van der Waals surface area (Å²) in [7, 11) is 0. The van der Waals surface area contributed by atoms with E-state index in [2.05, 4.69) is 10.2 Å². The number of carbonyl (C=O) groups is 1. The third kappa shape index (κ3) is 1.74. The summed E-state index contributed by atoms with van der Waals surface area (Å²) >= 11 is 5.09. The summed E-state index contributed by atoms with van der Waals surface area (Å²) in [6, 6.07) is 6.93. The zero-order chi connectivity index (χ0) is 11.7. The highest BCUT2D eigenvalue weighted by Gasteiger charge is 2.06. The van der Waals surface area contributed by atoms with Crippen molar-refractivity contribution in [3.63, 3.8) is 0 Å². The lowest BCUT2D eigenvalue weighted by Crippen LogP contribution is -2.11. The number of primary amides is 1. The Morgan fingerprint density at radius 2 is 2.31 bits per heavy atom. The third-order valence-electron chi connectivity index (χ3n) is 2.23. The Morgan fingerprint density at radius 1 is 1.56 bits per heavy atom. The van der Waals surface area contributed by atoms with Crippen LogP contribution in [0.4, 0.5) is 0 Å². The van der Waals surface area contributed by atoms with Gasteiger partial charge in [-0.2, -0.15) is 5.10 Å². The standard InChI is InChI=1S/C10H10N4OS/c1-6-12-13-10(16)14(6)8-4-2-3-7(5-8)9(11)15/h2-5H,1H3,(H2,11,15)(H,13,16). The van der Waals surface area contributed by atoms with Crippen LogP contribution >= 0.6 is 12.2 Å². The number of H-pyrrole nitrogens is 1. The molecule has 1 amide bonds. The number of benzene rings is 1. The van der Waals surface area contributed by atoms with Gasteiger partial charge in [-0.05, 0) is 37.3 Å².